The summed E-state index contributed by atoms with van der Waals surface area (Å²) >= 11 is 1.59. The molecule has 0 saturated carbocycles. The van der Waals surface area contributed by atoms with Crippen molar-refractivity contribution in [2.75, 3.05) is 26.2 Å². The van der Waals surface area contributed by atoms with Gasteiger partial charge >= 0.3 is 6.09 Å². The highest BCUT2D eigenvalue weighted by Crippen LogP contribution is 2.31. The second kappa shape index (κ2) is 5.02. The molecule has 0 radical (unpaired) electrons. The third-order valence-corrected chi connectivity index (χ3v) is 5.76. The van der Waals surface area contributed by atoms with E-state index >= 15 is 0 Å². The molecule has 0 aromatic carbocycles. The number of amides is 2. The molecule has 1 atom stereocenters. The smallest absolute Gasteiger partial charge is 0.410 e. The Balaban J connectivity index is 1.53. The largest absolute Gasteiger partial charge is 0.447 e. The van der Waals surface area contributed by atoms with Crippen LogP contribution in [0.1, 0.15) is 33.6 Å². The molecule has 0 bridgehead atoms. The lowest BCUT2D eigenvalue weighted by Crippen LogP contribution is -2.53. The van der Waals surface area contributed by atoms with Crippen molar-refractivity contribution in [1.82, 2.24) is 9.80 Å². The highest BCUT2D eigenvalue weighted by atomic mass is 32.1. The summed E-state index contributed by atoms with van der Waals surface area (Å²) in [6, 6.07) is 0.0333. The lowest BCUT2D eigenvalue weighted by molar-refractivity contribution is 0.0620. The molecule has 4 rings (SSSR count). The normalized spacial score (nSPS) is 24.6. The van der Waals surface area contributed by atoms with Crippen molar-refractivity contribution >= 4 is 23.3 Å². The van der Waals surface area contributed by atoms with Gasteiger partial charge in [-0.2, -0.15) is 0 Å². The number of hydrogen-bond acceptors (Lipinski definition) is 4. The maximum absolute atomic E-state index is 12.8. The van der Waals surface area contributed by atoms with Crippen LogP contribution >= 0.6 is 11.3 Å². The van der Waals surface area contributed by atoms with E-state index in [1.807, 2.05) is 4.90 Å². The number of thiophene rings is 1. The molecule has 0 N–H and O–H groups in total. The fourth-order valence-electron chi connectivity index (χ4n) is 3.52. The average molecular weight is 306 g/mol. The van der Waals surface area contributed by atoms with Crippen LogP contribution in [-0.2, 0) is 17.6 Å². The Labute approximate surface area is 127 Å². The predicted molar refractivity (Wildman–Crippen MR) is 78.7 cm³/mol. The minimum absolute atomic E-state index is 0.0333. The van der Waals surface area contributed by atoms with E-state index in [9.17, 15) is 9.59 Å². The van der Waals surface area contributed by atoms with Gasteiger partial charge in [0.05, 0.1) is 10.9 Å². The van der Waals surface area contributed by atoms with E-state index in [0.717, 1.165) is 17.7 Å². The van der Waals surface area contributed by atoms with E-state index < -0.39 is 0 Å². The third kappa shape index (κ3) is 2.12. The highest BCUT2D eigenvalue weighted by molar-refractivity contribution is 7.12. The minimum atomic E-state index is -0.236. The van der Waals surface area contributed by atoms with Crippen LogP contribution in [0.5, 0.6) is 0 Å². The van der Waals surface area contributed by atoms with Crippen LogP contribution in [0.2, 0.25) is 0 Å². The first-order valence-corrected chi connectivity index (χ1v) is 8.44. The molecular weight excluding hydrogens is 288 g/mol. The first-order chi connectivity index (χ1) is 10.2. The second-order valence-electron chi connectivity index (χ2n) is 5.95. The van der Waals surface area contributed by atoms with Gasteiger partial charge in [-0.1, -0.05) is 0 Å². The Morgan fingerprint density at radius 3 is 3.05 bits per heavy atom. The summed E-state index contributed by atoms with van der Waals surface area (Å²) < 4.78 is 5.06. The van der Waals surface area contributed by atoms with Crippen LogP contribution in [0.4, 0.5) is 4.79 Å². The summed E-state index contributed by atoms with van der Waals surface area (Å²) in [5, 5.41) is 2.15. The van der Waals surface area contributed by atoms with Crippen molar-refractivity contribution in [3.8, 4) is 0 Å². The van der Waals surface area contributed by atoms with Gasteiger partial charge in [0.15, 0.2) is 0 Å². The zero-order chi connectivity index (χ0) is 14.4. The standard InChI is InChI=1S/C15H18N2O3S/c18-14(13-12-4-2-1-3-10(12)9-21-13)16-5-6-17-11(7-16)8-20-15(17)19/h9,11H,1-8H2. The monoisotopic (exact) mass is 306 g/mol. The fourth-order valence-corrected chi connectivity index (χ4v) is 4.64. The molecule has 2 aliphatic heterocycles. The van der Waals surface area contributed by atoms with E-state index in [-0.39, 0.29) is 18.0 Å². The Morgan fingerprint density at radius 2 is 2.14 bits per heavy atom. The number of nitrogens with zero attached hydrogens (tertiary/aromatic N) is 2. The number of ether oxygens (including phenoxy) is 1. The zero-order valence-electron chi connectivity index (χ0n) is 11.8. The van der Waals surface area contributed by atoms with Crippen molar-refractivity contribution in [3.05, 3.63) is 21.4 Å². The SMILES string of the molecule is O=C(c1scc2c1CCCC2)N1CCN2C(=O)OCC2C1. The number of hydrogen-bond donors (Lipinski definition) is 0. The lowest BCUT2D eigenvalue weighted by atomic mass is 9.93. The number of cyclic esters (lactones) is 1. The molecule has 21 heavy (non-hydrogen) atoms. The number of carbonyl (C=O) groups is 2. The van der Waals surface area contributed by atoms with Gasteiger partial charge in [0.1, 0.15) is 6.61 Å². The Kier molecular flexibility index (Phi) is 3.14. The zero-order valence-corrected chi connectivity index (χ0v) is 12.7. The number of fused-ring (bicyclic) bond motifs is 2. The topological polar surface area (TPSA) is 49.9 Å². The van der Waals surface area contributed by atoms with E-state index in [2.05, 4.69) is 5.38 Å². The quantitative estimate of drug-likeness (QED) is 0.796. The fraction of sp³-hybridized carbons (Fsp3) is 0.600. The van der Waals surface area contributed by atoms with E-state index in [1.54, 1.807) is 16.2 Å². The Morgan fingerprint density at radius 1 is 1.29 bits per heavy atom. The van der Waals surface area contributed by atoms with Gasteiger partial charge in [0.25, 0.3) is 5.91 Å². The maximum Gasteiger partial charge on any atom is 0.410 e. The Bertz CT molecular complexity index is 598. The highest BCUT2D eigenvalue weighted by Gasteiger charge is 2.39. The molecule has 3 heterocycles. The van der Waals surface area contributed by atoms with Gasteiger partial charge in [0.2, 0.25) is 0 Å². The van der Waals surface area contributed by atoms with Gasteiger partial charge in [-0.3, -0.25) is 9.69 Å². The van der Waals surface area contributed by atoms with E-state index in [0.29, 0.717) is 26.2 Å². The predicted octanol–water partition coefficient (Wildman–Crippen LogP) is 1.90. The van der Waals surface area contributed by atoms with Crippen LogP contribution in [0.15, 0.2) is 5.38 Å². The number of piperazine rings is 1. The van der Waals surface area contributed by atoms with Crippen molar-refractivity contribution < 1.29 is 14.3 Å². The van der Waals surface area contributed by atoms with Crippen molar-refractivity contribution in [2.45, 2.75) is 31.7 Å². The van der Waals surface area contributed by atoms with Gasteiger partial charge in [-0.15, -0.1) is 11.3 Å². The summed E-state index contributed by atoms with van der Waals surface area (Å²) in [6.07, 6.45) is 4.32. The van der Waals surface area contributed by atoms with E-state index in [1.165, 1.54) is 24.0 Å². The average Bonchev–Trinajstić information content (AvgIpc) is 3.10. The molecule has 3 aliphatic rings. The first-order valence-electron chi connectivity index (χ1n) is 7.56. The molecule has 1 aromatic rings. The van der Waals surface area contributed by atoms with Crippen molar-refractivity contribution in [2.24, 2.45) is 0 Å². The molecule has 5 nitrogen and oxygen atoms in total. The number of carbonyl (C=O) groups excluding carboxylic acids is 2. The number of rotatable bonds is 1. The van der Waals surface area contributed by atoms with Gasteiger partial charge in [0, 0.05) is 19.6 Å². The molecule has 1 unspecified atom stereocenters. The maximum atomic E-state index is 12.8. The third-order valence-electron chi connectivity index (χ3n) is 4.70. The minimum Gasteiger partial charge on any atom is -0.447 e. The van der Waals surface area contributed by atoms with Gasteiger partial charge < -0.3 is 9.64 Å². The summed E-state index contributed by atoms with van der Waals surface area (Å²) in [7, 11) is 0. The molecular formula is C15H18N2O3S. The van der Waals surface area contributed by atoms with Crippen LogP contribution in [0.3, 0.4) is 0 Å². The summed E-state index contributed by atoms with van der Waals surface area (Å²) in [5.74, 6) is 0.141. The second-order valence-corrected chi connectivity index (χ2v) is 6.83. The summed E-state index contributed by atoms with van der Waals surface area (Å²) in [5.41, 5.74) is 2.64. The molecule has 2 fully saturated rings. The molecule has 1 aromatic heterocycles. The molecule has 1 aliphatic carbocycles. The van der Waals surface area contributed by atoms with Crippen LogP contribution in [0.25, 0.3) is 0 Å². The Hall–Kier alpha value is -1.56. The van der Waals surface area contributed by atoms with E-state index in [4.69, 9.17) is 4.74 Å². The lowest BCUT2D eigenvalue weighted by Gasteiger charge is -2.35. The van der Waals surface area contributed by atoms with Gasteiger partial charge in [-0.05, 0) is 42.2 Å². The molecule has 0 spiro atoms. The van der Waals surface area contributed by atoms with Crippen LogP contribution in [0, 0.1) is 0 Å². The van der Waals surface area contributed by atoms with Crippen molar-refractivity contribution in [3.63, 3.8) is 0 Å². The molecule has 2 saturated heterocycles. The van der Waals surface area contributed by atoms with Crippen LogP contribution < -0.4 is 0 Å². The number of aryl methyl sites for hydroxylation is 1. The summed E-state index contributed by atoms with van der Waals surface area (Å²) in [6.45, 7) is 2.20. The summed E-state index contributed by atoms with van der Waals surface area (Å²) in [4.78, 5) is 28.9. The van der Waals surface area contributed by atoms with Gasteiger partial charge in [-0.25, -0.2) is 4.79 Å². The molecule has 2 amide bonds. The van der Waals surface area contributed by atoms with Crippen LogP contribution in [-0.4, -0.2) is 54.1 Å². The molecule has 112 valence electrons. The van der Waals surface area contributed by atoms with Crippen molar-refractivity contribution in [1.29, 1.82) is 0 Å². The first kappa shape index (κ1) is 13.1. The molecule has 6 heteroatoms.